The van der Waals surface area contributed by atoms with E-state index in [1.165, 1.54) is 6.42 Å². The third-order valence-electron chi connectivity index (χ3n) is 4.65. The summed E-state index contributed by atoms with van der Waals surface area (Å²) >= 11 is 0. The number of hydrogen-bond donors (Lipinski definition) is 1. The normalized spacial score (nSPS) is 13.0. The lowest BCUT2D eigenvalue weighted by molar-refractivity contribution is -0.161. The average Bonchev–Trinajstić information content (AvgIpc) is 2.79. The summed E-state index contributed by atoms with van der Waals surface area (Å²) < 4.78 is 10.3. The zero-order chi connectivity index (χ0) is 23.7. The lowest BCUT2D eigenvalue weighted by Gasteiger charge is -2.15. The van der Waals surface area contributed by atoms with E-state index in [9.17, 15) is 14.7 Å². The van der Waals surface area contributed by atoms with Crippen LogP contribution >= 0.6 is 0 Å². The van der Waals surface area contributed by atoms with Crippen LogP contribution in [0.15, 0.2) is 48.6 Å². The summed E-state index contributed by atoms with van der Waals surface area (Å²) in [7, 11) is 0. The molecule has 0 spiro atoms. The summed E-state index contributed by atoms with van der Waals surface area (Å²) in [5.41, 5.74) is 0. The van der Waals surface area contributed by atoms with Crippen LogP contribution in [-0.2, 0) is 19.1 Å². The Morgan fingerprint density at radius 3 is 1.94 bits per heavy atom. The number of aliphatic hydroxyl groups is 1. The van der Waals surface area contributed by atoms with Gasteiger partial charge in [-0.2, -0.15) is 0 Å². The van der Waals surface area contributed by atoms with E-state index in [1.54, 1.807) is 0 Å². The maximum atomic E-state index is 11.9. The summed E-state index contributed by atoms with van der Waals surface area (Å²) in [4.78, 5) is 23.6. The average molecular weight is 449 g/mol. The fourth-order valence-corrected chi connectivity index (χ4v) is 2.80. The topological polar surface area (TPSA) is 72.8 Å². The number of hydrogen-bond acceptors (Lipinski definition) is 5. The second-order valence-electron chi connectivity index (χ2n) is 7.68. The number of esters is 2. The van der Waals surface area contributed by atoms with Gasteiger partial charge >= 0.3 is 11.9 Å². The number of carbonyl (C=O) groups is 2. The maximum Gasteiger partial charge on any atom is 0.306 e. The van der Waals surface area contributed by atoms with Crippen molar-refractivity contribution in [2.75, 3.05) is 13.2 Å². The van der Waals surface area contributed by atoms with Crippen molar-refractivity contribution in [3.63, 3.8) is 0 Å². The molecule has 0 aliphatic rings. The van der Waals surface area contributed by atoms with Gasteiger partial charge in [-0.05, 0) is 38.5 Å². The number of ether oxygens (including phenoxy) is 2. The predicted octanol–water partition coefficient (Wildman–Crippen LogP) is 6.38. The second-order valence-corrected chi connectivity index (χ2v) is 7.68. The highest BCUT2D eigenvalue weighted by molar-refractivity contribution is 5.70. The number of unbranched alkanes of at least 4 members (excludes halogenated alkanes) is 4. The summed E-state index contributed by atoms with van der Waals surface area (Å²) in [5, 5.41) is 9.35. The fraction of sp³-hybridized carbons (Fsp3) is 0.630. The zero-order valence-corrected chi connectivity index (χ0v) is 20.2. The van der Waals surface area contributed by atoms with Crippen LogP contribution in [0.1, 0.15) is 90.9 Å². The highest BCUT2D eigenvalue weighted by Crippen LogP contribution is 2.07. The maximum absolute atomic E-state index is 11.9. The molecule has 0 saturated carbocycles. The van der Waals surface area contributed by atoms with Gasteiger partial charge in [-0.1, -0.05) is 88.1 Å². The van der Waals surface area contributed by atoms with E-state index in [0.29, 0.717) is 12.8 Å². The molecular formula is C27H44O5. The van der Waals surface area contributed by atoms with E-state index >= 15 is 0 Å². The van der Waals surface area contributed by atoms with Crippen molar-refractivity contribution in [1.29, 1.82) is 0 Å². The van der Waals surface area contributed by atoms with E-state index in [0.717, 1.165) is 51.4 Å². The van der Waals surface area contributed by atoms with E-state index in [2.05, 4.69) is 50.3 Å². The van der Waals surface area contributed by atoms with Crippen LogP contribution in [0, 0.1) is 0 Å². The number of aliphatic hydroxyl groups excluding tert-OH is 1. The first kappa shape index (κ1) is 29.9. The van der Waals surface area contributed by atoms with Gasteiger partial charge in [0.05, 0.1) is 6.61 Å². The first-order valence-electron chi connectivity index (χ1n) is 12.2. The molecule has 0 aromatic heterocycles. The molecule has 182 valence electrons. The minimum atomic E-state index is -0.802. The third-order valence-corrected chi connectivity index (χ3v) is 4.65. The second kappa shape index (κ2) is 23.5. The molecule has 0 aliphatic heterocycles. The number of allylic oxidation sites excluding steroid dienone is 8. The Morgan fingerprint density at radius 1 is 0.750 bits per heavy atom. The zero-order valence-electron chi connectivity index (χ0n) is 20.2. The number of carbonyl (C=O) groups excluding carboxylic acids is 2. The Hall–Kier alpha value is -2.14. The van der Waals surface area contributed by atoms with Gasteiger partial charge in [-0.3, -0.25) is 9.59 Å². The quantitative estimate of drug-likeness (QED) is 0.133. The van der Waals surface area contributed by atoms with Crippen LogP contribution in [0.3, 0.4) is 0 Å². The molecule has 0 aliphatic carbocycles. The Bertz CT molecular complexity index is 575. The van der Waals surface area contributed by atoms with E-state index in [1.807, 2.05) is 12.2 Å². The first-order chi connectivity index (χ1) is 15.6. The molecule has 5 nitrogen and oxygen atoms in total. The van der Waals surface area contributed by atoms with Crippen molar-refractivity contribution < 1.29 is 24.2 Å². The van der Waals surface area contributed by atoms with Gasteiger partial charge in [0.1, 0.15) is 6.61 Å². The van der Waals surface area contributed by atoms with Gasteiger partial charge in [0.2, 0.25) is 0 Å². The Morgan fingerprint density at radius 2 is 1.34 bits per heavy atom. The summed E-state index contributed by atoms with van der Waals surface area (Å²) in [6.07, 6.45) is 26.3. The standard InChI is InChI=1S/C27H44O5/c1-3-5-7-9-10-11-12-13-14-15-16-18-20-22-27(30)32-25(23-28)24-31-26(29)21-19-17-8-6-4-2/h5,7,10-11,13-14,16,18,25,28H,3-4,6,8-9,12,15,17,19-24H2,1-2H3/b7-5-,11-10-,14-13-,18-16-. The van der Waals surface area contributed by atoms with Crippen molar-refractivity contribution >= 4 is 11.9 Å². The van der Waals surface area contributed by atoms with Crippen molar-refractivity contribution in [2.24, 2.45) is 0 Å². The summed E-state index contributed by atoms with van der Waals surface area (Å²) in [5.74, 6) is -0.710. The fourth-order valence-electron chi connectivity index (χ4n) is 2.80. The molecule has 0 aromatic carbocycles. The molecule has 1 N–H and O–H groups in total. The van der Waals surface area contributed by atoms with Crippen molar-refractivity contribution in [2.45, 2.75) is 97.0 Å². The lowest BCUT2D eigenvalue weighted by atomic mass is 10.1. The van der Waals surface area contributed by atoms with Gasteiger partial charge in [-0.15, -0.1) is 0 Å². The Balaban J connectivity index is 3.83. The molecule has 0 bridgehead atoms. The van der Waals surface area contributed by atoms with Crippen LogP contribution in [0.5, 0.6) is 0 Å². The summed E-state index contributed by atoms with van der Waals surface area (Å²) in [6.45, 7) is 3.81. The van der Waals surface area contributed by atoms with Gasteiger partial charge in [0.15, 0.2) is 6.10 Å². The summed E-state index contributed by atoms with van der Waals surface area (Å²) in [6, 6.07) is 0. The molecule has 0 rings (SSSR count). The highest BCUT2D eigenvalue weighted by atomic mass is 16.6. The first-order valence-corrected chi connectivity index (χ1v) is 12.2. The van der Waals surface area contributed by atoms with Gasteiger partial charge in [-0.25, -0.2) is 0 Å². The van der Waals surface area contributed by atoms with Crippen LogP contribution in [0.2, 0.25) is 0 Å². The van der Waals surface area contributed by atoms with Crippen LogP contribution in [0.4, 0.5) is 0 Å². The molecule has 0 fully saturated rings. The molecule has 32 heavy (non-hydrogen) atoms. The van der Waals surface area contributed by atoms with Crippen molar-refractivity contribution in [1.82, 2.24) is 0 Å². The largest absolute Gasteiger partial charge is 0.462 e. The third kappa shape index (κ3) is 21.1. The monoisotopic (exact) mass is 448 g/mol. The smallest absolute Gasteiger partial charge is 0.306 e. The molecule has 0 aromatic rings. The van der Waals surface area contributed by atoms with Gasteiger partial charge in [0, 0.05) is 12.8 Å². The minimum Gasteiger partial charge on any atom is -0.462 e. The van der Waals surface area contributed by atoms with Gasteiger partial charge in [0.25, 0.3) is 0 Å². The van der Waals surface area contributed by atoms with Gasteiger partial charge < -0.3 is 14.6 Å². The number of rotatable bonds is 20. The van der Waals surface area contributed by atoms with Crippen LogP contribution in [0.25, 0.3) is 0 Å². The van der Waals surface area contributed by atoms with Crippen molar-refractivity contribution in [3.8, 4) is 0 Å². The molecule has 1 unspecified atom stereocenters. The lowest BCUT2D eigenvalue weighted by Crippen LogP contribution is -2.28. The predicted molar refractivity (Wildman–Crippen MR) is 131 cm³/mol. The van der Waals surface area contributed by atoms with Crippen LogP contribution < -0.4 is 0 Å². The SMILES string of the molecule is CC/C=C\C/C=C\C/C=C\C/C=C\CCC(=O)OC(CO)COC(=O)CCCCCCC. The van der Waals surface area contributed by atoms with E-state index < -0.39 is 12.1 Å². The molecule has 0 heterocycles. The Kier molecular flexibility index (Phi) is 21.9. The molecule has 0 radical (unpaired) electrons. The van der Waals surface area contributed by atoms with E-state index in [-0.39, 0.29) is 25.6 Å². The molecule has 5 heteroatoms. The minimum absolute atomic E-state index is 0.0972. The highest BCUT2D eigenvalue weighted by Gasteiger charge is 2.15. The molecule has 1 atom stereocenters. The van der Waals surface area contributed by atoms with Crippen molar-refractivity contribution in [3.05, 3.63) is 48.6 Å². The van der Waals surface area contributed by atoms with E-state index in [4.69, 9.17) is 9.47 Å². The molecule has 0 amide bonds. The van der Waals surface area contributed by atoms with Crippen LogP contribution in [-0.4, -0.2) is 36.4 Å². The Labute approximate surface area is 195 Å². The molecular weight excluding hydrogens is 404 g/mol. The molecule has 0 saturated heterocycles.